The Kier molecular flexibility index (Phi) is 4.45. The van der Waals surface area contributed by atoms with Crippen LogP contribution in [0.25, 0.3) is 0 Å². The summed E-state index contributed by atoms with van der Waals surface area (Å²) in [6, 6.07) is 0. The van der Waals surface area contributed by atoms with Crippen LogP contribution in [0.1, 0.15) is 45.4 Å². The van der Waals surface area contributed by atoms with Crippen LogP contribution in [-0.2, 0) is 9.59 Å². The first-order valence-corrected chi connectivity index (χ1v) is 7.30. The number of hydrogen-bond acceptors (Lipinski definition) is 3. The molecule has 1 atom stereocenters. The van der Waals surface area contributed by atoms with Gasteiger partial charge in [0.1, 0.15) is 5.54 Å². The Bertz CT molecular complexity index is 351. The van der Waals surface area contributed by atoms with Crippen molar-refractivity contribution in [1.29, 1.82) is 0 Å². The molecule has 0 bridgehead atoms. The van der Waals surface area contributed by atoms with Crippen LogP contribution >= 0.6 is 0 Å². The Morgan fingerprint density at radius 1 is 1.05 bits per heavy atom. The summed E-state index contributed by atoms with van der Waals surface area (Å²) >= 11 is 0. The van der Waals surface area contributed by atoms with Crippen molar-refractivity contribution in [1.82, 2.24) is 9.80 Å². The Morgan fingerprint density at radius 3 is 2.26 bits per heavy atom. The van der Waals surface area contributed by atoms with Crippen LogP contribution in [0.5, 0.6) is 0 Å². The van der Waals surface area contributed by atoms with E-state index in [2.05, 4.69) is 0 Å². The van der Waals surface area contributed by atoms with Crippen molar-refractivity contribution in [3.05, 3.63) is 0 Å². The molecule has 5 nitrogen and oxygen atoms in total. The zero-order valence-corrected chi connectivity index (χ0v) is 11.7. The van der Waals surface area contributed by atoms with Gasteiger partial charge in [0, 0.05) is 13.1 Å². The van der Waals surface area contributed by atoms with Crippen LogP contribution in [0.3, 0.4) is 0 Å². The van der Waals surface area contributed by atoms with Crippen molar-refractivity contribution in [3.8, 4) is 0 Å². The van der Waals surface area contributed by atoms with E-state index in [-0.39, 0.29) is 12.5 Å². The number of aliphatic carboxylic acids is 1. The van der Waals surface area contributed by atoms with Gasteiger partial charge in [-0.1, -0.05) is 12.8 Å². The Labute approximate surface area is 114 Å². The van der Waals surface area contributed by atoms with E-state index in [1.807, 2.05) is 9.80 Å². The lowest BCUT2D eigenvalue weighted by molar-refractivity contribution is -0.150. The lowest BCUT2D eigenvalue weighted by Crippen LogP contribution is -2.52. The number of hydrogen-bond donors (Lipinski definition) is 1. The fourth-order valence-electron chi connectivity index (χ4n) is 3.10. The first kappa shape index (κ1) is 14.3. The van der Waals surface area contributed by atoms with Gasteiger partial charge in [-0.2, -0.15) is 0 Å². The summed E-state index contributed by atoms with van der Waals surface area (Å²) in [6.45, 7) is 4.36. The number of carbonyl (C=O) groups excluding carboxylic acids is 1. The van der Waals surface area contributed by atoms with E-state index < -0.39 is 11.5 Å². The lowest BCUT2D eigenvalue weighted by atomic mass is 9.99. The molecule has 0 saturated carbocycles. The second-order valence-corrected chi connectivity index (χ2v) is 5.90. The maximum Gasteiger partial charge on any atom is 0.323 e. The van der Waals surface area contributed by atoms with Gasteiger partial charge in [0.05, 0.1) is 6.54 Å². The highest BCUT2D eigenvalue weighted by molar-refractivity contribution is 5.82. The molecule has 19 heavy (non-hydrogen) atoms. The van der Waals surface area contributed by atoms with Crippen molar-refractivity contribution in [2.24, 2.45) is 0 Å². The third-order valence-electron chi connectivity index (χ3n) is 4.54. The molecule has 0 radical (unpaired) electrons. The van der Waals surface area contributed by atoms with E-state index in [0.717, 1.165) is 32.4 Å². The van der Waals surface area contributed by atoms with Gasteiger partial charge in [0.25, 0.3) is 0 Å². The SMILES string of the molecule is CC1(C(=O)O)CCCN1CC(=O)N1CCCCCC1. The Morgan fingerprint density at radius 2 is 1.68 bits per heavy atom. The predicted octanol–water partition coefficient (Wildman–Crippen LogP) is 1.33. The molecule has 0 spiro atoms. The minimum Gasteiger partial charge on any atom is -0.480 e. The van der Waals surface area contributed by atoms with Crippen molar-refractivity contribution >= 4 is 11.9 Å². The van der Waals surface area contributed by atoms with Crippen molar-refractivity contribution in [2.75, 3.05) is 26.2 Å². The highest BCUT2D eigenvalue weighted by Crippen LogP contribution is 2.29. The molecule has 0 aromatic carbocycles. The Hall–Kier alpha value is -1.10. The van der Waals surface area contributed by atoms with Crippen LogP contribution in [-0.4, -0.2) is 58.5 Å². The first-order chi connectivity index (χ1) is 9.04. The van der Waals surface area contributed by atoms with Gasteiger partial charge in [-0.3, -0.25) is 14.5 Å². The normalized spacial score (nSPS) is 29.2. The van der Waals surface area contributed by atoms with E-state index in [0.29, 0.717) is 13.0 Å². The number of carboxylic acid groups (broad SMARTS) is 1. The lowest BCUT2D eigenvalue weighted by Gasteiger charge is -2.32. The van der Waals surface area contributed by atoms with E-state index in [1.54, 1.807) is 6.92 Å². The molecule has 2 rings (SSSR count). The highest BCUT2D eigenvalue weighted by Gasteiger charge is 2.44. The molecule has 108 valence electrons. The molecular weight excluding hydrogens is 244 g/mol. The standard InChI is InChI=1S/C14H24N2O3/c1-14(13(18)19)7-6-10-16(14)11-12(17)15-8-4-2-3-5-9-15/h2-11H2,1H3,(H,18,19). The van der Waals surface area contributed by atoms with Crippen LogP contribution < -0.4 is 0 Å². The van der Waals surface area contributed by atoms with Crippen molar-refractivity contribution in [2.45, 2.75) is 51.0 Å². The van der Waals surface area contributed by atoms with Gasteiger partial charge in [-0.15, -0.1) is 0 Å². The molecule has 2 fully saturated rings. The highest BCUT2D eigenvalue weighted by atomic mass is 16.4. The smallest absolute Gasteiger partial charge is 0.323 e. The third-order valence-corrected chi connectivity index (χ3v) is 4.54. The molecule has 1 N–H and O–H groups in total. The molecule has 2 aliphatic heterocycles. The molecule has 2 aliphatic rings. The fraction of sp³-hybridized carbons (Fsp3) is 0.857. The zero-order chi connectivity index (χ0) is 13.9. The van der Waals surface area contributed by atoms with Gasteiger partial charge >= 0.3 is 5.97 Å². The number of amides is 1. The summed E-state index contributed by atoms with van der Waals surface area (Å²) in [5.74, 6) is -0.718. The summed E-state index contributed by atoms with van der Waals surface area (Å²) in [7, 11) is 0. The number of nitrogens with zero attached hydrogens (tertiary/aromatic N) is 2. The molecule has 1 amide bonds. The largest absolute Gasteiger partial charge is 0.480 e. The summed E-state index contributed by atoms with van der Waals surface area (Å²) in [6.07, 6.45) is 6.02. The van der Waals surface area contributed by atoms with Gasteiger partial charge in [-0.05, 0) is 39.2 Å². The number of rotatable bonds is 3. The fourth-order valence-corrected chi connectivity index (χ4v) is 3.10. The average Bonchev–Trinajstić information content (AvgIpc) is 2.61. The average molecular weight is 268 g/mol. The second-order valence-electron chi connectivity index (χ2n) is 5.90. The van der Waals surface area contributed by atoms with E-state index in [4.69, 9.17) is 0 Å². The minimum atomic E-state index is -0.860. The number of carboxylic acids is 1. The van der Waals surface area contributed by atoms with Gasteiger partial charge in [-0.25, -0.2) is 0 Å². The maximum absolute atomic E-state index is 12.3. The quantitative estimate of drug-likeness (QED) is 0.839. The summed E-state index contributed by atoms with van der Waals surface area (Å²) in [4.78, 5) is 27.4. The van der Waals surface area contributed by atoms with Gasteiger partial charge in [0.15, 0.2) is 0 Å². The maximum atomic E-state index is 12.3. The van der Waals surface area contributed by atoms with E-state index in [1.165, 1.54) is 12.8 Å². The minimum absolute atomic E-state index is 0.0938. The Balaban J connectivity index is 1.96. The van der Waals surface area contributed by atoms with Gasteiger partial charge in [0.2, 0.25) is 5.91 Å². The summed E-state index contributed by atoms with van der Waals surface area (Å²) in [5, 5.41) is 9.34. The molecule has 5 heteroatoms. The molecular formula is C14H24N2O3. The zero-order valence-electron chi connectivity index (χ0n) is 11.7. The van der Waals surface area contributed by atoms with Crippen LogP contribution in [0.4, 0.5) is 0 Å². The van der Waals surface area contributed by atoms with E-state index in [9.17, 15) is 14.7 Å². The summed E-state index contributed by atoms with van der Waals surface area (Å²) < 4.78 is 0. The molecule has 2 heterocycles. The molecule has 0 aromatic rings. The van der Waals surface area contributed by atoms with E-state index >= 15 is 0 Å². The van der Waals surface area contributed by atoms with Crippen molar-refractivity contribution in [3.63, 3.8) is 0 Å². The molecule has 0 aliphatic carbocycles. The van der Waals surface area contributed by atoms with Crippen LogP contribution in [0, 0.1) is 0 Å². The number of likely N-dealkylation sites (tertiary alicyclic amines) is 2. The monoisotopic (exact) mass is 268 g/mol. The molecule has 0 aromatic heterocycles. The van der Waals surface area contributed by atoms with Crippen molar-refractivity contribution < 1.29 is 14.7 Å². The first-order valence-electron chi connectivity index (χ1n) is 7.30. The third kappa shape index (κ3) is 3.08. The topological polar surface area (TPSA) is 60.9 Å². The van der Waals surface area contributed by atoms with Crippen LogP contribution in [0.2, 0.25) is 0 Å². The predicted molar refractivity (Wildman–Crippen MR) is 71.9 cm³/mol. The molecule has 2 saturated heterocycles. The molecule has 1 unspecified atom stereocenters. The van der Waals surface area contributed by atoms with Crippen LogP contribution in [0.15, 0.2) is 0 Å². The van der Waals surface area contributed by atoms with Gasteiger partial charge < -0.3 is 10.0 Å². The second kappa shape index (κ2) is 5.90. The number of carbonyl (C=O) groups is 2. The summed E-state index contributed by atoms with van der Waals surface area (Å²) in [5.41, 5.74) is -0.860.